The maximum absolute atomic E-state index is 14.2. The average molecular weight is 498 g/mol. The summed E-state index contributed by atoms with van der Waals surface area (Å²) in [5.74, 6) is -0.304. The molecule has 0 aliphatic heterocycles. The van der Waals surface area contributed by atoms with Crippen LogP contribution in [0.2, 0.25) is 0 Å². The standard InChI is InChI=1S/C30H31N3O2S/c1-3-33(28-20(2)27(22-17-18-36-19-22)31-25-15-9-7-13-23(25)28)30(35)24-14-8-10-16-26(24)32-29(34)21-11-5-4-6-12-21/h4-7,9,11-13,15,17-19,24,26H,3,8,10,14,16H2,1-2H3,(H,32,34)/t24-,26+/m0/s1. The first-order valence-corrected chi connectivity index (χ1v) is 13.6. The molecule has 1 saturated carbocycles. The molecule has 1 fully saturated rings. The number of carbonyl (C=O) groups is 2. The number of thiophene rings is 1. The van der Waals surface area contributed by atoms with Crippen molar-refractivity contribution in [3.05, 3.63) is 82.6 Å². The van der Waals surface area contributed by atoms with Gasteiger partial charge in [0.1, 0.15) is 0 Å². The third-order valence-electron chi connectivity index (χ3n) is 7.18. The molecule has 5 rings (SSSR count). The average Bonchev–Trinajstić information content (AvgIpc) is 3.45. The summed E-state index contributed by atoms with van der Waals surface area (Å²) in [6.07, 6.45) is 3.58. The van der Waals surface area contributed by atoms with E-state index in [9.17, 15) is 9.59 Å². The van der Waals surface area contributed by atoms with Crippen LogP contribution in [0.15, 0.2) is 71.4 Å². The van der Waals surface area contributed by atoms with Crippen molar-refractivity contribution < 1.29 is 9.59 Å². The normalized spacial score (nSPS) is 17.6. The van der Waals surface area contributed by atoms with Gasteiger partial charge in [-0.05, 0) is 61.9 Å². The molecule has 0 saturated heterocycles. The predicted octanol–water partition coefficient (Wildman–Crippen LogP) is 6.61. The summed E-state index contributed by atoms with van der Waals surface area (Å²) >= 11 is 1.64. The Morgan fingerprint density at radius 1 is 1.03 bits per heavy atom. The summed E-state index contributed by atoms with van der Waals surface area (Å²) in [6.45, 7) is 4.64. The summed E-state index contributed by atoms with van der Waals surface area (Å²) in [6, 6.07) is 19.2. The maximum Gasteiger partial charge on any atom is 0.251 e. The molecule has 4 aromatic rings. The van der Waals surface area contributed by atoms with Crippen molar-refractivity contribution in [2.45, 2.75) is 45.6 Å². The molecule has 2 aromatic carbocycles. The Balaban J connectivity index is 1.52. The number of nitrogens with zero attached hydrogens (tertiary/aromatic N) is 2. The fourth-order valence-electron chi connectivity index (χ4n) is 5.38. The largest absolute Gasteiger partial charge is 0.349 e. The minimum absolute atomic E-state index is 0.0753. The second kappa shape index (κ2) is 10.6. The van der Waals surface area contributed by atoms with Gasteiger partial charge < -0.3 is 10.2 Å². The van der Waals surface area contributed by atoms with E-state index in [2.05, 4.69) is 29.1 Å². The molecular formula is C30H31N3O2S. The lowest BCUT2D eigenvalue weighted by Gasteiger charge is -2.36. The van der Waals surface area contributed by atoms with Crippen LogP contribution in [0.1, 0.15) is 48.5 Å². The van der Waals surface area contributed by atoms with Gasteiger partial charge in [-0.3, -0.25) is 9.59 Å². The van der Waals surface area contributed by atoms with Crippen molar-refractivity contribution >= 4 is 39.7 Å². The Bertz CT molecular complexity index is 1370. The lowest BCUT2D eigenvalue weighted by atomic mass is 9.83. The predicted molar refractivity (Wildman–Crippen MR) is 147 cm³/mol. The summed E-state index contributed by atoms with van der Waals surface area (Å²) in [5, 5.41) is 8.31. The van der Waals surface area contributed by atoms with Gasteiger partial charge in [0.15, 0.2) is 0 Å². The molecule has 0 spiro atoms. The lowest BCUT2D eigenvalue weighted by molar-refractivity contribution is -0.124. The number of anilines is 1. The first kappa shape index (κ1) is 24.2. The van der Waals surface area contributed by atoms with E-state index in [0.717, 1.165) is 59.1 Å². The molecule has 36 heavy (non-hydrogen) atoms. The lowest BCUT2D eigenvalue weighted by Crippen LogP contribution is -2.50. The van der Waals surface area contributed by atoms with E-state index in [1.54, 1.807) is 11.3 Å². The van der Waals surface area contributed by atoms with E-state index < -0.39 is 0 Å². The van der Waals surface area contributed by atoms with Crippen molar-refractivity contribution in [3.63, 3.8) is 0 Å². The Morgan fingerprint density at radius 3 is 2.53 bits per heavy atom. The molecule has 0 bridgehead atoms. The van der Waals surface area contributed by atoms with Gasteiger partial charge in [-0.25, -0.2) is 4.98 Å². The van der Waals surface area contributed by atoms with Gasteiger partial charge in [-0.15, -0.1) is 0 Å². The highest BCUT2D eigenvalue weighted by Crippen LogP contribution is 2.38. The van der Waals surface area contributed by atoms with Crippen molar-refractivity contribution in [2.24, 2.45) is 5.92 Å². The van der Waals surface area contributed by atoms with Crippen LogP contribution in [0.3, 0.4) is 0 Å². The van der Waals surface area contributed by atoms with Crippen molar-refractivity contribution in [2.75, 3.05) is 11.4 Å². The van der Waals surface area contributed by atoms with E-state index >= 15 is 0 Å². The summed E-state index contributed by atoms with van der Waals surface area (Å²) in [7, 11) is 0. The Kier molecular flexibility index (Phi) is 7.14. The molecule has 0 unspecified atom stereocenters. The highest BCUT2D eigenvalue weighted by Gasteiger charge is 2.36. The number of benzene rings is 2. The third kappa shape index (κ3) is 4.65. The van der Waals surface area contributed by atoms with Gasteiger partial charge in [-0.2, -0.15) is 11.3 Å². The summed E-state index contributed by atoms with van der Waals surface area (Å²) in [4.78, 5) is 34.0. The first-order valence-electron chi connectivity index (χ1n) is 12.7. The van der Waals surface area contributed by atoms with Gasteiger partial charge in [0.2, 0.25) is 5.91 Å². The molecule has 2 amide bonds. The highest BCUT2D eigenvalue weighted by atomic mass is 32.1. The van der Waals surface area contributed by atoms with Gasteiger partial charge in [0.25, 0.3) is 5.91 Å². The SMILES string of the molecule is CCN(C(=O)[C@H]1CCCC[C@H]1NC(=O)c1ccccc1)c1c(C)c(-c2ccsc2)nc2ccccc12. The van der Waals surface area contributed by atoms with Crippen LogP contribution in [0, 0.1) is 12.8 Å². The van der Waals surface area contributed by atoms with Crippen LogP contribution in [0.25, 0.3) is 22.2 Å². The van der Waals surface area contributed by atoms with E-state index in [0.29, 0.717) is 12.1 Å². The van der Waals surface area contributed by atoms with Crippen molar-refractivity contribution in [1.29, 1.82) is 0 Å². The number of amides is 2. The Morgan fingerprint density at radius 2 is 1.78 bits per heavy atom. The minimum Gasteiger partial charge on any atom is -0.349 e. The Hall–Kier alpha value is -3.51. The molecule has 2 aromatic heterocycles. The molecule has 5 nitrogen and oxygen atoms in total. The van der Waals surface area contributed by atoms with Crippen LogP contribution in [-0.4, -0.2) is 29.4 Å². The monoisotopic (exact) mass is 497 g/mol. The zero-order valence-corrected chi connectivity index (χ0v) is 21.6. The number of nitrogens with one attached hydrogen (secondary N) is 1. The fourth-order valence-corrected chi connectivity index (χ4v) is 6.02. The second-order valence-electron chi connectivity index (χ2n) is 9.38. The number of hydrogen-bond acceptors (Lipinski definition) is 4. The summed E-state index contributed by atoms with van der Waals surface area (Å²) < 4.78 is 0. The molecule has 0 radical (unpaired) electrons. The zero-order valence-electron chi connectivity index (χ0n) is 20.7. The van der Waals surface area contributed by atoms with Crippen LogP contribution in [0.4, 0.5) is 5.69 Å². The zero-order chi connectivity index (χ0) is 25.1. The minimum atomic E-state index is -0.262. The van der Waals surface area contributed by atoms with Gasteiger partial charge in [0, 0.05) is 34.5 Å². The topological polar surface area (TPSA) is 62.3 Å². The number of fused-ring (bicyclic) bond motifs is 1. The van der Waals surface area contributed by atoms with Crippen LogP contribution >= 0.6 is 11.3 Å². The van der Waals surface area contributed by atoms with E-state index in [-0.39, 0.29) is 23.8 Å². The molecular weight excluding hydrogens is 466 g/mol. The van der Waals surface area contributed by atoms with Gasteiger partial charge >= 0.3 is 0 Å². The Labute approximate surface area is 216 Å². The third-order valence-corrected chi connectivity index (χ3v) is 7.87. The van der Waals surface area contributed by atoms with Crippen LogP contribution in [-0.2, 0) is 4.79 Å². The first-order chi connectivity index (χ1) is 17.6. The maximum atomic E-state index is 14.2. The van der Waals surface area contributed by atoms with Gasteiger partial charge in [0.05, 0.1) is 22.8 Å². The quantitative estimate of drug-likeness (QED) is 0.326. The number of rotatable bonds is 6. The van der Waals surface area contributed by atoms with Crippen molar-refractivity contribution in [1.82, 2.24) is 10.3 Å². The number of carbonyl (C=O) groups excluding carboxylic acids is 2. The molecule has 1 aliphatic rings. The number of pyridine rings is 1. The summed E-state index contributed by atoms with van der Waals surface area (Å²) in [5.41, 5.74) is 5.41. The molecule has 184 valence electrons. The smallest absolute Gasteiger partial charge is 0.251 e. The van der Waals surface area contributed by atoms with E-state index in [4.69, 9.17) is 4.98 Å². The number of para-hydroxylation sites is 1. The second-order valence-corrected chi connectivity index (χ2v) is 10.2. The number of aromatic nitrogens is 1. The highest BCUT2D eigenvalue weighted by molar-refractivity contribution is 7.08. The number of hydrogen-bond donors (Lipinski definition) is 1. The molecule has 6 heteroatoms. The molecule has 2 atom stereocenters. The van der Waals surface area contributed by atoms with Crippen LogP contribution in [0.5, 0.6) is 0 Å². The van der Waals surface area contributed by atoms with Gasteiger partial charge in [-0.1, -0.05) is 49.2 Å². The van der Waals surface area contributed by atoms with Crippen LogP contribution < -0.4 is 10.2 Å². The molecule has 2 heterocycles. The van der Waals surface area contributed by atoms with E-state index in [1.165, 1.54) is 0 Å². The van der Waals surface area contributed by atoms with Crippen molar-refractivity contribution in [3.8, 4) is 11.3 Å². The molecule has 1 aliphatic carbocycles. The molecule has 1 N–H and O–H groups in total. The fraction of sp³-hybridized carbons (Fsp3) is 0.300. The van der Waals surface area contributed by atoms with E-state index in [1.807, 2.05) is 66.4 Å².